The average Bonchev–Trinajstić information content (AvgIpc) is 2.49. The number of amides is 1. The van der Waals surface area contributed by atoms with Crippen molar-refractivity contribution >= 4 is 18.3 Å². The molecule has 1 amide bonds. The monoisotopic (exact) mass is 316 g/mol. The van der Waals surface area contributed by atoms with Gasteiger partial charge in [-0.05, 0) is 18.1 Å². The minimum absolute atomic E-state index is 0. The van der Waals surface area contributed by atoms with Crippen LogP contribution in [0, 0.1) is 0 Å². The van der Waals surface area contributed by atoms with Crippen LogP contribution in [0.1, 0.15) is 24.5 Å². The minimum Gasteiger partial charge on any atom is -0.380 e. The van der Waals surface area contributed by atoms with E-state index in [2.05, 4.69) is 5.32 Å². The molecule has 0 spiro atoms. The molecule has 0 aromatic heterocycles. The number of methoxy groups -OCH3 is 1. The number of hydrogen-bond acceptors (Lipinski definition) is 4. The van der Waals surface area contributed by atoms with Gasteiger partial charge in [-0.25, -0.2) is 0 Å². The van der Waals surface area contributed by atoms with E-state index in [-0.39, 0.29) is 30.8 Å². The number of carbonyl (C=O) groups is 1. The van der Waals surface area contributed by atoms with Crippen molar-refractivity contribution in [2.45, 2.75) is 32.6 Å². The Labute approximate surface area is 132 Å². The van der Waals surface area contributed by atoms with Gasteiger partial charge in [-0.2, -0.15) is 0 Å². The van der Waals surface area contributed by atoms with Crippen molar-refractivity contribution in [1.29, 1.82) is 0 Å². The van der Waals surface area contributed by atoms with Crippen molar-refractivity contribution in [3.8, 4) is 0 Å². The van der Waals surface area contributed by atoms with E-state index in [0.717, 1.165) is 11.1 Å². The fourth-order valence-electron chi connectivity index (χ4n) is 1.82. The molecule has 1 unspecified atom stereocenters. The van der Waals surface area contributed by atoms with Crippen LogP contribution in [0.4, 0.5) is 0 Å². The van der Waals surface area contributed by atoms with Crippen molar-refractivity contribution in [3.63, 3.8) is 0 Å². The molecule has 1 aromatic rings. The van der Waals surface area contributed by atoms with Crippen molar-refractivity contribution in [3.05, 3.63) is 35.4 Å². The van der Waals surface area contributed by atoms with Crippen LogP contribution in [0.15, 0.2) is 24.3 Å². The molecule has 0 aliphatic heterocycles. The van der Waals surface area contributed by atoms with Gasteiger partial charge in [-0.15, -0.1) is 12.4 Å². The van der Waals surface area contributed by atoms with Gasteiger partial charge in [0.25, 0.3) is 0 Å². The van der Waals surface area contributed by atoms with E-state index < -0.39 is 0 Å². The second-order valence-corrected chi connectivity index (χ2v) is 4.48. The third-order valence-electron chi connectivity index (χ3n) is 3.07. The molecular formula is C15H25ClN2O3. The molecule has 1 atom stereocenters. The van der Waals surface area contributed by atoms with E-state index >= 15 is 0 Å². The van der Waals surface area contributed by atoms with Crippen LogP contribution < -0.4 is 11.1 Å². The Morgan fingerprint density at radius 3 is 2.57 bits per heavy atom. The Hall–Kier alpha value is -1.14. The molecule has 0 aliphatic carbocycles. The molecule has 0 aliphatic rings. The van der Waals surface area contributed by atoms with Crippen molar-refractivity contribution in [2.75, 3.05) is 20.3 Å². The lowest BCUT2D eigenvalue weighted by Gasteiger charge is -2.14. The minimum atomic E-state index is -0.228. The lowest BCUT2D eigenvalue weighted by atomic mass is 10.1. The summed E-state index contributed by atoms with van der Waals surface area (Å²) in [7, 11) is 1.56. The van der Waals surface area contributed by atoms with Gasteiger partial charge < -0.3 is 20.5 Å². The molecule has 0 saturated carbocycles. The second-order valence-electron chi connectivity index (χ2n) is 4.48. The van der Waals surface area contributed by atoms with Crippen molar-refractivity contribution in [1.82, 2.24) is 5.32 Å². The summed E-state index contributed by atoms with van der Waals surface area (Å²) in [5.41, 5.74) is 7.66. The highest BCUT2D eigenvalue weighted by Gasteiger charge is 2.11. The molecule has 3 N–H and O–H groups in total. The predicted molar refractivity (Wildman–Crippen MR) is 85.3 cm³/mol. The van der Waals surface area contributed by atoms with E-state index in [1.165, 1.54) is 0 Å². The van der Waals surface area contributed by atoms with Gasteiger partial charge in [-0.3, -0.25) is 4.79 Å². The standard InChI is InChI=1S/C15H24N2O3.ClH/c1-3-20-11-13-7-5-4-6-12(13)10-17-15(18)8-14(9-16)19-2;/h4-7,14H,3,8-11,16H2,1-2H3,(H,17,18);1H. The number of benzene rings is 1. The summed E-state index contributed by atoms with van der Waals surface area (Å²) >= 11 is 0. The van der Waals surface area contributed by atoms with Gasteiger partial charge in [-0.1, -0.05) is 24.3 Å². The Balaban J connectivity index is 0.00000400. The lowest BCUT2D eigenvalue weighted by molar-refractivity contribution is -0.123. The van der Waals surface area contributed by atoms with Crippen LogP contribution in [0.5, 0.6) is 0 Å². The van der Waals surface area contributed by atoms with Gasteiger partial charge in [0.05, 0.1) is 19.1 Å². The number of carbonyl (C=O) groups excluding carboxylic acids is 1. The first-order valence-electron chi connectivity index (χ1n) is 6.85. The van der Waals surface area contributed by atoms with E-state index in [9.17, 15) is 4.79 Å². The van der Waals surface area contributed by atoms with Crippen LogP contribution >= 0.6 is 12.4 Å². The third-order valence-corrected chi connectivity index (χ3v) is 3.07. The maximum Gasteiger partial charge on any atom is 0.222 e. The normalized spacial score (nSPS) is 11.6. The van der Waals surface area contributed by atoms with E-state index in [0.29, 0.717) is 26.3 Å². The SMILES string of the molecule is CCOCc1ccccc1CNC(=O)CC(CN)OC.Cl. The fraction of sp³-hybridized carbons (Fsp3) is 0.533. The van der Waals surface area contributed by atoms with Crippen LogP contribution in [0.2, 0.25) is 0 Å². The van der Waals surface area contributed by atoms with Gasteiger partial charge in [0.2, 0.25) is 5.91 Å². The summed E-state index contributed by atoms with van der Waals surface area (Å²) in [5, 5.41) is 2.88. The molecule has 1 aromatic carbocycles. The van der Waals surface area contributed by atoms with Gasteiger partial charge in [0, 0.05) is 26.8 Å². The molecule has 0 saturated heterocycles. The molecule has 0 heterocycles. The van der Waals surface area contributed by atoms with Crippen molar-refractivity contribution < 1.29 is 14.3 Å². The molecule has 0 bridgehead atoms. The summed E-state index contributed by atoms with van der Waals surface area (Å²) in [6, 6.07) is 7.92. The Morgan fingerprint density at radius 1 is 1.33 bits per heavy atom. The number of nitrogens with one attached hydrogen (secondary N) is 1. The first-order valence-corrected chi connectivity index (χ1v) is 6.85. The van der Waals surface area contributed by atoms with Crippen LogP contribution in [-0.4, -0.2) is 32.3 Å². The van der Waals surface area contributed by atoms with E-state index in [4.69, 9.17) is 15.2 Å². The summed E-state index contributed by atoms with van der Waals surface area (Å²) in [4.78, 5) is 11.8. The zero-order chi connectivity index (χ0) is 14.8. The van der Waals surface area contributed by atoms with Crippen LogP contribution in [0.3, 0.4) is 0 Å². The molecule has 21 heavy (non-hydrogen) atoms. The molecule has 6 heteroatoms. The largest absolute Gasteiger partial charge is 0.380 e. The number of rotatable bonds is 9. The quantitative estimate of drug-likeness (QED) is 0.726. The van der Waals surface area contributed by atoms with Gasteiger partial charge in [0.1, 0.15) is 0 Å². The number of nitrogens with two attached hydrogens (primary N) is 1. The zero-order valence-corrected chi connectivity index (χ0v) is 13.4. The second kappa shape index (κ2) is 11.5. The summed E-state index contributed by atoms with van der Waals surface area (Å²) < 4.78 is 10.5. The van der Waals surface area contributed by atoms with E-state index in [1.807, 2.05) is 31.2 Å². The molecule has 5 nitrogen and oxygen atoms in total. The Bertz CT molecular complexity index is 412. The average molecular weight is 317 g/mol. The Kier molecular flexibility index (Phi) is 10.9. The molecule has 0 fully saturated rings. The van der Waals surface area contributed by atoms with Crippen LogP contribution in [0.25, 0.3) is 0 Å². The maximum atomic E-state index is 11.8. The van der Waals surface area contributed by atoms with Gasteiger partial charge >= 0.3 is 0 Å². The fourth-order valence-corrected chi connectivity index (χ4v) is 1.82. The highest BCUT2D eigenvalue weighted by Crippen LogP contribution is 2.10. The molecule has 120 valence electrons. The molecule has 0 radical (unpaired) electrons. The highest BCUT2D eigenvalue weighted by molar-refractivity contribution is 5.85. The predicted octanol–water partition coefficient (Wildman–Crippen LogP) is 1.62. The first-order chi connectivity index (χ1) is 9.71. The highest BCUT2D eigenvalue weighted by atomic mass is 35.5. The number of ether oxygens (including phenoxy) is 2. The van der Waals surface area contributed by atoms with Gasteiger partial charge in [0.15, 0.2) is 0 Å². The van der Waals surface area contributed by atoms with Crippen LogP contribution in [-0.2, 0) is 27.4 Å². The zero-order valence-electron chi connectivity index (χ0n) is 12.6. The summed E-state index contributed by atoms with van der Waals surface area (Å²) in [6.45, 7) is 4.02. The third kappa shape index (κ3) is 7.43. The molecular weight excluding hydrogens is 292 g/mol. The summed E-state index contributed by atoms with van der Waals surface area (Å²) in [6.07, 6.45) is 0.0503. The smallest absolute Gasteiger partial charge is 0.222 e. The lowest BCUT2D eigenvalue weighted by Crippen LogP contribution is -2.32. The van der Waals surface area contributed by atoms with Crippen molar-refractivity contribution in [2.24, 2.45) is 5.73 Å². The summed E-state index contributed by atoms with van der Waals surface area (Å²) in [5.74, 6) is -0.0616. The van der Waals surface area contributed by atoms with E-state index in [1.54, 1.807) is 7.11 Å². The number of halogens is 1. The molecule has 1 rings (SSSR count). The Morgan fingerprint density at radius 2 is 2.00 bits per heavy atom. The maximum absolute atomic E-state index is 11.8. The number of hydrogen-bond donors (Lipinski definition) is 2. The first kappa shape index (κ1) is 19.9. The topological polar surface area (TPSA) is 73.6 Å².